The molecule has 9 heteroatoms. The molecule has 0 radical (unpaired) electrons. The fourth-order valence-electron chi connectivity index (χ4n) is 2.97. The van der Waals surface area contributed by atoms with Gasteiger partial charge in [-0.3, -0.25) is 0 Å². The van der Waals surface area contributed by atoms with E-state index in [1.807, 2.05) is 0 Å². The minimum atomic E-state index is -5.70. The van der Waals surface area contributed by atoms with Crippen molar-refractivity contribution in [3.05, 3.63) is 78.5 Å². The molecule has 0 saturated carbocycles. The number of hydrogen-bond acceptors (Lipinski definition) is 4. The second kappa shape index (κ2) is 7.42. The number of ether oxygens (including phenoxy) is 1. The molecule has 0 aliphatic carbocycles. The van der Waals surface area contributed by atoms with Crippen molar-refractivity contribution in [3.63, 3.8) is 0 Å². The molecule has 2 aromatic carbocycles. The highest BCUT2D eigenvalue weighted by molar-refractivity contribution is 7.91. The molecule has 148 valence electrons. The highest BCUT2D eigenvalue weighted by Gasteiger charge is 2.62. The van der Waals surface area contributed by atoms with Crippen LogP contribution < -0.4 is 14.4 Å². The molecule has 0 saturated heterocycles. The maximum atomic E-state index is 13.6. The summed E-state index contributed by atoms with van der Waals surface area (Å²) >= 11 is 0. The van der Waals surface area contributed by atoms with Crippen molar-refractivity contribution in [3.8, 4) is 11.5 Å². The van der Waals surface area contributed by atoms with Crippen molar-refractivity contribution in [1.29, 1.82) is 0 Å². The van der Waals surface area contributed by atoms with Gasteiger partial charge in [0.05, 0.1) is 0 Å². The van der Waals surface area contributed by atoms with Gasteiger partial charge in [0, 0.05) is 18.2 Å². The average Bonchev–Trinajstić information content (AvgIpc) is 2.68. The van der Waals surface area contributed by atoms with Gasteiger partial charge in [-0.05, 0) is 24.3 Å². The van der Waals surface area contributed by atoms with Gasteiger partial charge >= 0.3 is 15.5 Å². The molecule has 5 nitrogen and oxygen atoms in total. The number of nitrogens with zero attached hydrogens (tertiary/aromatic N) is 1. The zero-order chi connectivity index (χ0) is 20.4. The number of hydrogen-bond donors (Lipinski definition) is 1. The van der Waals surface area contributed by atoms with Gasteiger partial charge in [-0.15, -0.1) is 3.89 Å². The number of sulfonamides is 1. The van der Waals surface area contributed by atoms with Crippen molar-refractivity contribution in [2.75, 3.05) is 13.1 Å². The Labute approximate surface area is 160 Å². The van der Waals surface area contributed by atoms with Crippen LogP contribution in [0.5, 0.6) is 11.5 Å². The molecule has 28 heavy (non-hydrogen) atoms. The van der Waals surface area contributed by atoms with Crippen LogP contribution in [0.3, 0.4) is 0 Å². The molecular formula is C19H18F3N2O3S+. The normalized spacial score (nSPS) is 19.9. The second-order valence-electron chi connectivity index (χ2n) is 6.09. The van der Waals surface area contributed by atoms with Crippen LogP contribution in [-0.4, -0.2) is 27.0 Å². The molecule has 1 atom stereocenters. The zero-order valence-corrected chi connectivity index (χ0v) is 15.5. The predicted molar refractivity (Wildman–Crippen MR) is 101 cm³/mol. The van der Waals surface area contributed by atoms with Crippen molar-refractivity contribution in [2.45, 2.75) is 5.51 Å². The summed E-state index contributed by atoms with van der Waals surface area (Å²) in [5.74, 6) is 0.373. The maximum Gasteiger partial charge on any atom is 0.550 e. The van der Waals surface area contributed by atoms with Gasteiger partial charge in [0.25, 0.3) is 0 Å². The van der Waals surface area contributed by atoms with Crippen LogP contribution in [0.15, 0.2) is 78.5 Å². The molecule has 1 aliphatic heterocycles. The summed E-state index contributed by atoms with van der Waals surface area (Å²) in [6.07, 6.45) is 3.91. The van der Waals surface area contributed by atoms with E-state index in [9.17, 15) is 21.6 Å². The van der Waals surface area contributed by atoms with E-state index in [1.165, 1.54) is 30.4 Å². The Morgan fingerprint density at radius 1 is 1.04 bits per heavy atom. The zero-order valence-electron chi connectivity index (χ0n) is 14.6. The first-order valence-electron chi connectivity index (χ1n) is 8.31. The first-order valence-corrected chi connectivity index (χ1v) is 9.75. The molecule has 0 bridgehead atoms. The lowest BCUT2D eigenvalue weighted by Crippen LogP contribution is -2.56. The lowest BCUT2D eigenvalue weighted by molar-refractivity contribution is -0.0473. The topological polar surface area (TPSA) is 69.4 Å². The summed E-state index contributed by atoms with van der Waals surface area (Å²) in [5, 5.41) is 0. The molecule has 0 amide bonds. The third-order valence-electron chi connectivity index (χ3n) is 4.28. The minimum Gasteiger partial charge on any atom is -0.451 e. The Kier molecular flexibility index (Phi) is 5.33. The number of benzene rings is 2. The van der Waals surface area contributed by atoms with E-state index in [0.717, 1.165) is 6.20 Å². The third-order valence-corrected chi connectivity index (χ3v) is 6.18. The first kappa shape index (κ1) is 20.1. The van der Waals surface area contributed by atoms with Gasteiger partial charge in [0.1, 0.15) is 18.5 Å². The highest BCUT2D eigenvalue weighted by atomic mass is 32.2. The van der Waals surface area contributed by atoms with Gasteiger partial charge in [0.2, 0.25) is 0 Å². The summed E-state index contributed by atoms with van der Waals surface area (Å²) in [4.78, 5) is 0. The molecule has 0 fully saturated rings. The van der Waals surface area contributed by atoms with E-state index < -0.39 is 26.0 Å². The average molecular weight is 411 g/mol. The van der Waals surface area contributed by atoms with Crippen LogP contribution in [0.1, 0.15) is 0 Å². The molecule has 0 aromatic heterocycles. The van der Waals surface area contributed by atoms with Crippen molar-refractivity contribution in [1.82, 2.24) is 3.89 Å². The van der Waals surface area contributed by atoms with Gasteiger partial charge in [-0.1, -0.05) is 36.4 Å². The summed E-state index contributed by atoms with van der Waals surface area (Å²) < 4.78 is 70.4. The molecule has 1 heterocycles. The Balaban J connectivity index is 2.24. The van der Waals surface area contributed by atoms with E-state index in [-0.39, 0.29) is 23.6 Å². The molecule has 0 spiro atoms. The SMILES string of the molecule is NCC1=C[N+](c2ccccc2Oc2ccccc2)(S(=O)(=O)C(F)(F)F)CC=C1. The van der Waals surface area contributed by atoms with E-state index >= 15 is 0 Å². The van der Waals surface area contributed by atoms with Gasteiger partial charge in [-0.25, -0.2) is 0 Å². The van der Waals surface area contributed by atoms with Crippen LogP contribution in [-0.2, 0) is 10.0 Å². The van der Waals surface area contributed by atoms with Crippen LogP contribution in [0, 0.1) is 0 Å². The second-order valence-corrected chi connectivity index (χ2v) is 8.16. The molecular weight excluding hydrogens is 393 g/mol. The van der Waals surface area contributed by atoms with Crippen LogP contribution in [0.2, 0.25) is 0 Å². The molecule has 2 N–H and O–H groups in total. The summed E-state index contributed by atoms with van der Waals surface area (Å²) in [5.41, 5.74) is 0.220. The smallest absolute Gasteiger partial charge is 0.451 e. The quantitative estimate of drug-likeness (QED) is 0.754. The lowest BCUT2D eigenvalue weighted by Gasteiger charge is -2.35. The number of rotatable bonds is 5. The minimum absolute atomic E-state index is 0.00412. The van der Waals surface area contributed by atoms with Gasteiger partial charge in [-0.2, -0.15) is 21.6 Å². The Hall–Kier alpha value is -2.62. The van der Waals surface area contributed by atoms with Gasteiger partial charge < -0.3 is 10.5 Å². The predicted octanol–water partition coefficient (Wildman–Crippen LogP) is 4.05. The molecule has 1 unspecified atom stereocenters. The van der Waals surface area contributed by atoms with E-state index in [2.05, 4.69) is 0 Å². The third kappa shape index (κ3) is 3.44. The number of alkyl halides is 3. The number of quaternary nitrogens is 1. The summed E-state index contributed by atoms with van der Waals surface area (Å²) in [7, 11) is -5.70. The maximum absolute atomic E-state index is 13.6. The van der Waals surface area contributed by atoms with E-state index in [1.54, 1.807) is 36.4 Å². The van der Waals surface area contributed by atoms with E-state index in [4.69, 9.17) is 10.5 Å². The number of para-hydroxylation sites is 3. The van der Waals surface area contributed by atoms with E-state index in [0.29, 0.717) is 5.75 Å². The van der Waals surface area contributed by atoms with Crippen molar-refractivity contribution < 1.29 is 26.3 Å². The Morgan fingerprint density at radius 2 is 1.68 bits per heavy atom. The Bertz CT molecular complexity index is 1020. The van der Waals surface area contributed by atoms with Crippen molar-refractivity contribution >= 4 is 15.7 Å². The first-order chi connectivity index (χ1) is 13.2. The standard InChI is InChI=1S/C19H18F3N2O3S/c20-19(21,22)28(25,26)24(12-6-7-15(13-23)14-24)17-10-4-5-11-18(17)27-16-8-2-1-3-9-16/h1-11,14H,12-13,23H2/q+1. The molecule has 3 rings (SSSR count). The lowest BCUT2D eigenvalue weighted by atomic mass is 10.1. The van der Waals surface area contributed by atoms with Crippen LogP contribution >= 0.6 is 0 Å². The van der Waals surface area contributed by atoms with Gasteiger partial charge in [0.15, 0.2) is 11.4 Å². The number of halogens is 3. The number of nitrogens with two attached hydrogens (primary N) is 1. The van der Waals surface area contributed by atoms with Crippen LogP contribution in [0.25, 0.3) is 0 Å². The summed E-state index contributed by atoms with van der Waals surface area (Å²) in [6, 6.07) is 14.2. The van der Waals surface area contributed by atoms with Crippen molar-refractivity contribution in [2.24, 2.45) is 5.73 Å². The fourth-order valence-corrected chi connectivity index (χ4v) is 4.30. The Morgan fingerprint density at radius 3 is 2.32 bits per heavy atom. The molecule has 1 aliphatic rings. The molecule has 2 aromatic rings. The van der Waals surface area contributed by atoms with Crippen LogP contribution in [0.4, 0.5) is 18.9 Å². The largest absolute Gasteiger partial charge is 0.550 e. The monoisotopic (exact) mass is 411 g/mol. The highest BCUT2D eigenvalue weighted by Crippen LogP contribution is 2.45. The summed E-state index contributed by atoms with van der Waals surface area (Å²) in [6.45, 7) is -0.550. The fraction of sp³-hybridized carbons (Fsp3) is 0.158.